The minimum atomic E-state index is 0.193. The number of hydrogen-bond donors (Lipinski definition) is 1. The monoisotopic (exact) mass is 376 g/mol. The van der Waals surface area contributed by atoms with Crippen LogP contribution in [-0.4, -0.2) is 35.5 Å². The maximum absolute atomic E-state index is 12.5. The molecule has 4 heteroatoms. The third-order valence-electron chi connectivity index (χ3n) is 5.84. The fourth-order valence-corrected chi connectivity index (χ4v) is 4.22. The number of H-pyrrole nitrogens is 1. The normalized spacial score (nSPS) is 15.1. The van der Waals surface area contributed by atoms with Crippen LogP contribution in [0.3, 0.4) is 0 Å². The Hall–Kier alpha value is -2.75. The van der Waals surface area contributed by atoms with Gasteiger partial charge in [-0.15, -0.1) is 0 Å². The molecule has 1 aliphatic heterocycles. The molecule has 0 saturated carbocycles. The molecule has 1 saturated heterocycles. The first-order valence-corrected chi connectivity index (χ1v) is 10.2. The smallest absolute Gasteiger partial charge is 0.225 e. The number of fused-ring (bicyclic) bond motifs is 1. The molecule has 4 nitrogen and oxygen atoms in total. The molecule has 0 atom stereocenters. The van der Waals surface area contributed by atoms with Crippen molar-refractivity contribution in [3.63, 3.8) is 0 Å². The van der Waals surface area contributed by atoms with Gasteiger partial charge >= 0.3 is 0 Å². The maximum Gasteiger partial charge on any atom is 0.225 e. The molecular weight excluding hydrogens is 348 g/mol. The molecule has 1 aliphatic rings. The fraction of sp³-hybridized carbons (Fsp3) is 0.375. The molecule has 0 aliphatic carbocycles. The third kappa shape index (κ3) is 3.91. The lowest BCUT2D eigenvalue weighted by Crippen LogP contribution is -2.38. The van der Waals surface area contributed by atoms with Crippen molar-refractivity contribution >= 4 is 16.8 Å². The standard InChI is InChI=1S/C24H28N2O2/c1-17-8-9-22-21(16-17)18(2)24(25-22)19-10-13-26(14-11-19)23(27)12-15-28-20-6-4-3-5-7-20/h3-9,16,19,25H,10-15H2,1-2H3. The van der Waals surface area contributed by atoms with E-state index < -0.39 is 0 Å². The van der Waals surface area contributed by atoms with Gasteiger partial charge in [-0.25, -0.2) is 0 Å². The van der Waals surface area contributed by atoms with E-state index in [4.69, 9.17) is 4.74 Å². The highest BCUT2D eigenvalue weighted by Crippen LogP contribution is 2.34. The lowest BCUT2D eigenvalue weighted by Gasteiger charge is -2.32. The van der Waals surface area contributed by atoms with Crippen molar-refractivity contribution in [2.45, 2.75) is 39.0 Å². The van der Waals surface area contributed by atoms with Crippen molar-refractivity contribution in [2.75, 3.05) is 19.7 Å². The Labute approximate surface area is 166 Å². The van der Waals surface area contributed by atoms with Crippen molar-refractivity contribution < 1.29 is 9.53 Å². The minimum Gasteiger partial charge on any atom is -0.493 e. The van der Waals surface area contributed by atoms with Gasteiger partial charge in [-0.1, -0.05) is 29.8 Å². The average molecular weight is 377 g/mol. The summed E-state index contributed by atoms with van der Waals surface area (Å²) in [5, 5.41) is 1.33. The summed E-state index contributed by atoms with van der Waals surface area (Å²) in [6.07, 6.45) is 2.46. The zero-order chi connectivity index (χ0) is 19.5. The number of amides is 1. The predicted molar refractivity (Wildman–Crippen MR) is 113 cm³/mol. The molecule has 3 aromatic rings. The van der Waals surface area contributed by atoms with Crippen LogP contribution < -0.4 is 4.74 Å². The molecule has 1 fully saturated rings. The molecule has 0 radical (unpaired) electrons. The Morgan fingerprint density at radius 1 is 1.11 bits per heavy atom. The van der Waals surface area contributed by atoms with Crippen molar-refractivity contribution in [3.05, 3.63) is 65.4 Å². The van der Waals surface area contributed by atoms with Crippen LogP contribution in [0.25, 0.3) is 10.9 Å². The number of likely N-dealkylation sites (tertiary alicyclic amines) is 1. The van der Waals surface area contributed by atoms with Crippen molar-refractivity contribution in [3.8, 4) is 5.75 Å². The van der Waals surface area contributed by atoms with Gasteiger partial charge in [-0.3, -0.25) is 4.79 Å². The lowest BCUT2D eigenvalue weighted by atomic mass is 9.91. The van der Waals surface area contributed by atoms with Gasteiger partial charge in [0.05, 0.1) is 13.0 Å². The summed E-state index contributed by atoms with van der Waals surface area (Å²) in [4.78, 5) is 18.1. The third-order valence-corrected chi connectivity index (χ3v) is 5.84. The zero-order valence-corrected chi connectivity index (χ0v) is 16.7. The largest absolute Gasteiger partial charge is 0.493 e. The van der Waals surface area contributed by atoms with Crippen LogP contribution in [0.5, 0.6) is 5.75 Å². The van der Waals surface area contributed by atoms with Gasteiger partial charge in [-0.2, -0.15) is 0 Å². The number of carbonyl (C=O) groups is 1. The number of benzene rings is 2. The number of nitrogens with one attached hydrogen (secondary N) is 1. The van der Waals surface area contributed by atoms with Crippen LogP contribution in [0.1, 0.15) is 42.0 Å². The highest BCUT2D eigenvalue weighted by molar-refractivity contribution is 5.85. The summed E-state index contributed by atoms with van der Waals surface area (Å²) in [5.41, 5.74) is 5.22. The van der Waals surface area contributed by atoms with Crippen LogP contribution >= 0.6 is 0 Å². The number of aromatic nitrogens is 1. The number of rotatable bonds is 5. The number of ether oxygens (including phenoxy) is 1. The Kier molecular flexibility index (Phi) is 5.38. The molecule has 0 bridgehead atoms. The van der Waals surface area contributed by atoms with Gasteiger partial charge in [-0.05, 0) is 56.5 Å². The Balaban J connectivity index is 1.32. The number of piperidine rings is 1. The van der Waals surface area contributed by atoms with Crippen LogP contribution in [0.4, 0.5) is 0 Å². The number of aryl methyl sites for hydroxylation is 2. The maximum atomic E-state index is 12.5. The number of aromatic amines is 1. The first-order chi connectivity index (χ1) is 13.6. The second-order valence-electron chi connectivity index (χ2n) is 7.78. The van der Waals surface area contributed by atoms with E-state index in [1.807, 2.05) is 35.2 Å². The summed E-state index contributed by atoms with van der Waals surface area (Å²) in [6.45, 7) is 6.43. The van der Waals surface area contributed by atoms with E-state index in [0.29, 0.717) is 18.9 Å². The van der Waals surface area contributed by atoms with Crippen LogP contribution in [0.2, 0.25) is 0 Å². The molecule has 4 rings (SSSR count). The molecule has 1 aromatic heterocycles. The number of nitrogens with zero attached hydrogens (tertiary/aromatic N) is 1. The highest BCUT2D eigenvalue weighted by atomic mass is 16.5. The molecule has 2 aromatic carbocycles. The number of para-hydroxylation sites is 1. The molecule has 2 heterocycles. The summed E-state index contributed by atoms with van der Waals surface area (Å²) in [7, 11) is 0. The molecule has 1 amide bonds. The number of carbonyl (C=O) groups excluding carboxylic acids is 1. The summed E-state index contributed by atoms with van der Waals surface area (Å²) >= 11 is 0. The second-order valence-corrected chi connectivity index (χ2v) is 7.78. The Morgan fingerprint density at radius 2 is 1.86 bits per heavy atom. The van der Waals surface area contributed by atoms with Gasteiger partial charge in [0.25, 0.3) is 0 Å². The topological polar surface area (TPSA) is 45.3 Å². The van der Waals surface area contributed by atoms with Gasteiger partial charge in [0.2, 0.25) is 5.91 Å². The van der Waals surface area contributed by atoms with E-state index >= 15 is 0 Å². The van der Waals surface area contributed by atoms with Gasteiger partial charge in [0.15, 0.2) is 0 Å². The van der Waals surface area contributed by atoms with E-state index in [0.717, 1.165) is 31.7 Å². The van der Waals surface area contributed by atoms with Crippen LogP contribution in [-0.2, 0) is 4.79 Å². The predicted octanol–water partition coefficient (Wildman–Crippen LogP) is 4.96. The van der Waals surface area contributed by atoms with Gasteiger partial charge < -0.3 is 14.6 Å². The Morgan fingerprint density at radius 3 is 2.61 bits per heavy atom. The molecule has 0 spiro atoms. The molecule has 146 valence electrons. The fourth-order valence-electron chi connectivity index (χ4n) is 4.22. The first kappa shape index (κ1) is 18.6. The molecule has 1 N–H and O–H groups in total. The lowest BCUT2D eigenvalue weighted by molar-refractivity contribution is -0.132. The summed E-state index contributed by atoms with van der Waals surface area (Å²) < 4.78 is 5.66. The summed E-state index contributed by atoms with van der Waals surface area (Å²) in [5.74, 6) is 1.51. The van der Waals surface area contributed by atoms with Crippen molar-refractivity contribution in [1.29, 1.82) is 0 Å². The molecule has 0 unspecified atom stereocenters. The molecular formula is C24H28N2O2. The van der Waals surface area contributed by atoms with Crippen LogP contribution in [0.15, 0.2) is 48.5 Å². The average Bonchev–Trinajstić information content (AvgIpc) is 3.05. The Bertz CT molecular complexity index is 953. The SMILES string of the molecule is Cc1ccc2[nH]c(C3CCN(C(=O)CCOc4ccccc4)CC3)c(C)c2c1. The zero-order valence-electron chi connectivity index (χ0n) is 16.7. The van der Waals surface area contributed by atoms with Gasteiger partial charge in [0, 0.05) is 35.6 Å². The first-order valence-electron chi connectivity index (χ1n) is 10.2. The van der Waals surface area contributed by atoms with E-state index in [1.54, 1.807) is 0 Å². The number of hydrogen-bond acceptors (Lipinski definition) is 2. The van der Waals surface area contributed by atoms with Crippen LogP contribution in [0, 0.1) is 13.8 Å². The highest BCUT2D eigenvalue weighted by Gasteiger charge is 2.26. The quantitative estimate of drug-likeness (QED) is 0.684. The van der Waals surface area contributed by atoms with E-state index in [2.05, 4.69) is 37.0 Å². The minimum absolute atomic E-state index is 0.193. The van der Waals surface area contributed by atoms with E-state index in [1.165, 1.54) is 27.7 Å². The second kappa shape index (κ2) is 8.09. The van der Waals surface area contributed by atoms with Gasteiger partial charge in [0.1, 0.15) is 5.75 Å². The van der Waals surface area contributed by atoms with E-state index in [9.17, 15) is 4.79 Å². The van der Waals surface area contributed by atoms with Crippen molar-refractivity contribution in [1.82, 2.24) is 9.88 Å². The molecule has 28 heavy (non-hydrogen) atoms. The summed E-state index contributed by atoms with van der Waals surface area (Å²) in [6, 6.07) is 16.3. The van der Waals surface area contributed by atoms with Crippen molar-refractivity contribution in [2.24, 2.45) is 0 Å². The van der Waals surface area contributed by atoms with E-state index in [-0.39, 0.29) is 5.91 Å².